The largest absolute Gasteiger partial charge is 0.439 e. The minimum absolute atomic E-state index is 0.140. The lowest BCUT2D eigenvalue weighted by Gasteiger charge is -2.40. The number of Topliss-reactive ketones (excluding diaryl/α,β-unsaturated/α-hetero) is 1. The predicted molar refractivity (Wildman–Crippen MR) is 114 cm³/mol. The highest BCUT2D eigenvalue weighted by atomic mass is 16.6. The Morgan fingerprint density at radius 3 is 2.27 bits per heavy atom. The van der Waals surface area contributed by atoms with Crippen LogP contribution in [0.25, 0.3) is 0 Å². The number of rotatable bonds is 7. The third-order valence-corrected chi connectivity index (χ3v) is 6.51. The second kappa shape index (κ2) is 8.60. The van der Waals surface area contributed by atoms with E-state index in [0.29, 0.717) is 12.8 Å². The van der Waals surface area contributed by atoms with Gasteiger partial charge in [0.15, 0.2) is 6.10 Å². The van der Waals surface area contributed by atoms with E-state index in [-0.39, 0.29) is 24.0 Å². The molecule has 1 aliphatic carbocycles. The minimum atomic E-state index is -0.662. The highest BCUT2D eigenvalue weighted by molar-refractivity contribution is 5.85. The molecule has 0 radical (unpaired) electrons. The molecule has 1 heterocycles. The number of nitrogens with zero attached hydrogens (tertiary/aromatic N) is 1. The third kappa shape index (κ3) is 3.63. The van der Waals surface area contributed by atoms with Crippen molar-refractivity contribution in [2.45, 2.75) is 62.8 Å². The molecule has 2 aromatic rings. The van der Waals surface area contributed by atoms with Crippen molar-refractivity contribution in [1.29, 1.82) is 0 Å². The number of methoxy groups -OCH3 is 1. The summed E-state index contributed by atoms with van der Waals surface area (Å²) in [5.74, 6) is 0.140. The predicted octanol–water partition coefficient (Wildman–Crippen LogP) is 5.23. The van der Waals surface area contributed by atoms with Crippen molar-refractivity contribution in [3.8, 4) is 0 Å². The Morgan fingerprint density at radius 1 is 1.03 bits per heavy atom. The first-order valence-corrected chi connectivity index (χ1v) is 10.8. The summed E-state index contributed by atoms with van der Waals surface area (Å²) in [7, 11) is 1.66. The monoisotopic (exact) mass is 407 g/mol. The number of carbonyl (C=O) groups is 2. The normalized spacial score (nSPS) is 28.7. The lowest BCUT2D eigenvalue weighted by atomic mass is 9.87. The SMILES string of the molecule is CCCC[C@@]1(OC)CC(=O)C[C@H]1N1C(=O)O[C@@H](c2ccccc2)[C@H]1c1ccccc1. The standard InChI is InChI=1S/C25H29NO4/c1-3-4-15-25(29-2)17-20(27)16-21(25)26-22(18-11-7-5-8-12-18)23(30-24(26)28)19-13-9-6-10-14-19/h5-14,21-23H,3-4,15-17H2,1-2H3/t21-,22-,23+,25-/m1/s1. The van der Waals surface area contributed by atoms with Crippen LogP contribution >= 0.6 is 0 Å². The molecule has 0 N–H and O–H groups in total. The Bertz CT molecular complexity index is 885. The van der Waals surface area contributed by atoms with E-state index in [9.17, 15) is 9.59 Å². The van der Waals surface area contributed by atoms with Gasteiger partial charge in [0, 0.05) is 20.0 Å². The molecule has 1 aliphatic heterocycles. The summed E-state index contributed by atoms with van der Waals surface area (Å²) in [6.07, 6.45) is 2.53. The molecule has 2 fully saturated rings. The maximum absolute atomic E-state index is 13.2. The molecule has 0 bridgehead atoms. The molecule has 1 saturated carbocycles. The average Bonchev–Trinajstić information content (AvgIpc) is 3.30. The molecule has 5 nitrogen and oxygen atoms in total. The molecule has 158 valence electrons. The summed E-state index contributed by atoms with van der Waals surface area (Å²) in [5, 5.41) is 0. The summed E-state index contributed by atoms with van der Waals surface area (Å²) in [6, 6.07) is 19.1. The van der Waals surface area contributed by atoms with Gasteiger partial charge in [0.05, 0.1) is 11.6 Å². The van der Waals surface area contributed by atoms with Crippen LogP contribution in [0.4, 0.5) is 4.79 Å². The van der Waals surface area contributed by atoms with E-state index < -0.39 is 11.7 Å². The quantitative estimate of drug-likeness (QED) is 0.631. The van der Waals surface area contributed by atoms with Crippen molar-refractivity contribution in [3.63, 3.8) is 0 Å². The molecule has 0 aromatic heterocycles. The Balaban J connectivity index is 1.78. The molecule has 2 aliphatic rings. The van der Waals surface area contributed by atoms with Gasteiger partial charge in [-0.3, -0.25) is 9.69 Å². The van der Waals surface area contributed by atoms with Gasteiger partial charge < -0.3 is 9.47 Å². The van der Waals surface area contributed by atoms with Crippen LogP contribution in [-0.2, 0) is 14.3 Å². The minimum Gasteiger partial charge on any atom is -0.439 e. The topological polar surface area (TPSA) is 55.8 Å². The molecular weight excluding hydrogens is 378 g/mol. The summed E-state index contributed by atoms with van der Waals surface area (Å²) < 4.78 is 11.9. The van der Waals surface area contributed by atoms with Gasteiger partial charge in [0.1, 0.15) is 11.8 Å². The summed E-state index contributed by atoms with van der Waals surface area (Å²) in [5.41, 5.74) is 1.28. The lowest BCUT2D eigenvalue weighted by Crippen LogP contribution is -2.51. The highest BCUT2D eigenvalue weighted by Gasteiger charge is 2.57. The fraction of sp³-hybridized carbons (Fsp3) is 0.440. The molecule has 0 unspecified atom stereocenters. The van der Waals surface area contributed by atoms with E-state index in [1.165, 1.54) is 0 Å². The van der Waals surface area contributed by atoms with Crippen molar-refractivity contribution < 1.29 is 19.1 Å². The molecule has 4 atom stereocenters. The number of cyclic esters (lactones) is 1. The third-order valence-electron chi connectivity index (χ3n) is 6.51. The van der Waals surface area contributed by atoms with Gasteiger partial charge in [-0.1, -0.05) is 80.4 Å². The van der Waals surface area contributed by atoms with Crippen LogP contribution in [0, 0.1) is 0 Å². The summed E-state index contributed by atoms with van der Waals surface area (Å²) >= 11 is 0. The van der Waals surface area contributed by atoms with E-state index in [1.54, 1.807) is 12.0 Å². The second-order valence-corrected chi connectivity index (χ2v) is 8.29. The molecule has 4 rings (SSSR count). The van der Waals surface area contributed by atoms with Gasteiger partial charge in [-0.25, -0.2) is 4.79 Å². The van der Waals surface area contributed by atoms with Gasteiger partial charge in [0.25, 0.3) is 0 Å². The van der Waals surface area contributed by atoms with Gasteiger partial charge in [-0.05, 0) is 17.5 Å². The molecular formula is C25H29NO4. The van der Waals surface area contributed by atoms with Crippen LogP contribution in [0.15, 0.2) is 60.7 Å². The average molecular weight is 408 g/mol. The van der Waals surface area contributed by atoms with Gasteiger partial charge >= 0.3 is 6.09 Å². The smallest absolute Gasteiger partial charge is 0.411 e. The first-order valence-electron chi connectivity index (χ1n) is 10.8. The summed E-state index contributed by atoms with van der Waals surface area (Å²) in [6.45, 7) is 2.12. The van der Waals surface area contributed by atoms with Crippen LogP contribution in [0.1, 0.15) is 62.3 Å². The molecule has 5 heteroatoms. The molecule has 2 aromatic carbocycles. The van der Waals surface area contributed by atoms with Crippen LogP contribution in [-0.4, -0.2) is 35.5 Å². The number of ketones is 1. The first kappa shape index (κ1) is 20.6. The van der Waals surface area contributed by atoms with Crippen molar-refractivity contribution in [2.24, 2.45) is 0 Å². The Hall–Kier alpha value is -2.66. The van der Waals surface area contributed by atoms with E-state index in [2.05, 4.69) is 6.92 Å². The lowest BCUT2D eigenvalue weighted by molar-refractivity contribution is -0.119. The van der Waals surface area contributed by atoms with Crippen molar-refractivity contribution in [3.05, 3.63) is 71.8 Å². The van der Waals surface area contributed by atoms with Gasteiger partial charge in [-0.2, -0.15) is 0 Å². The number of hydrogen-bond donors (Lipinski definition) is 0. The second-order valence-electron chi connectivity index (χ2n) is 8.29. The van der Waals surface area contributed by atoms with Crippen molar-refractivity contribution in [1.82, 2.24) is 4.90 Å². The zero-order valence-corrected chi connectivity index (χ0v) is 17.6. The van der Waals surface area contributed by atoms with Gasteiger partial charge in [-0.15, -0.1) is 0 Å². The van der Waals surface area contributed by atoms with Crippen LogP contribution in [0.5, 0.6) is 0 Å². The maximum Gasteiger partial charge on any atom is 0.411 e. The highest BCUT2D eigenvalue weighted by Crippen LogP contribution is 2.49. The Kier molecular flexibility index (Phi) is 5.91. The number of hydrogen-bond acceptors (Lipinski definition) is 4. The van der Waals surface area contributed by atoms with E-state index in [0.717, 1.165) is 30.4 Å². The van der Waals surface area contributed by atoms with Crippen molar-refractivity contribution >= 4 is 11.9 Å². The number of benzene rings is 2. The zero-order valence-electron chi connectivity index (χ0n) is 17.6. The van der Waals surface area contributed by atoms with E-state index >= 15 is 0 Å². The number of unbranched alkanes of at least 4 members (excludes halogenated alkanes) is 1. The summed E-state index contributed by atoms with van der Waals surface area (Å²) in [4.78, 5) is 27.6. The maximum atomic E-state index is 13.2. The molecule has 1 amide bonds. The number of amides is 1. The van der Waals surface area contributed by atoms with Crippen LogP contribution in [0.2, 0.25) is 0 Å². The van der Waals surface area contributed by atoms with Crippen LogP contribution in [0.3, 0.4) is 0 Å². The molecule has 0 spiro atoms. The molecule has 30 heavy (non-hydrogen) atoms. The number of carbonyl (C=O) groups excluding carboxylic acids is 2. The molecule has 1 saturated heterocycles. The fourth-order valence-electron chi connectivity index (χ4n) is 5.01. The first-order chi connectivity index (χ1) is 14.6. The van der Waals surface area contributed by atoms with Gasteiger partial charge in [0.2, 0.25) is 0 Å². The zero-order chi connectivity index (χ0) is 21.1. The van der Waals surface area contributed by atoms with Crippen LogP contribution < -0.4 is 0 Å². The Morgan fingerprint density at radius 2 is 1.67 bits per heavy atom. The Labute approximate surface area is 178 Å². The number of ether oxygens (including phenoxy) is 2. The fourth-order valence-corrected chi connectivity index (χ4v) is 5.01. The van der Waals surface area contributed by atoms with E-state index in [4.69, 9.17) is 9.47 Å². The van der Waals surface area contributed by atoms with E-state index in [1.807, 2.05) is 60.7 Å². The van der Waals surface area contributed by atoms with Crippen molar-refractivity contribution in [2.75, 3.05) is 7.11 Å².